The van der Waals surface area contributed by atoms with Crippen LogP contribution in [0, 0.1) is 6.92 Å². The van der Waals surface area contributed by atoms with Crippen LogP contribution in [0.15, 0.2) is 60.9 Å². The number of anilines is 1. The molecule has 0 unspecified atom stereocenters. The number of nitrogens with one attached hydrogen (secondary N) is 1. The molecule has 1 aromatic carbocycles. The van der Waals surface area contributed by atoms with Crippen LogP contribution in [0.3, 0.4) is 0 Å². The number of carbonyl (C=O) groups excluding carboxylic acids is 1. The summed E-state index contributed by atoms with van der Waals surface area (Å²) in [5.74, 6) is 0.283. The minimum atomic E-state index is -0.235. The highest BCUT2D eigenvalue weighted by Gasteiger charge is 2.17. The molecule has 4 rings (SSSR count). The first-order chi connectivity index (χ1) is 12.6. The number of carbonyl (C=O) groups is 1. The second-order valence-corrected chi connectivity index (χ2v) is 6.10. The Balaban J connectivity index is 1.81. The molecule has 6 nitrogen and oxygen atoms in total. The van der Waals surface area contributed by atoms with Crippen LogP contribution in [0.1, 0.15) is 15.9 Å². The van der Waals surface area contributed by atoms with Crippen LogP contribution in [0.4, 0.5) is 5.82 Å². The van der Waals surface area contributed by atoms with Gasteiger partial charge in [0.2, 0.25) is 0 Å². The third kappa shape index (κ3) is 2.93. The molecule has 1 N–H and O–H groups in total. The summed E-state index contributed by atoms with van der Waals surface area (Å²) in [4.78, 5) is 21.8. The van der Waals surface area contributed by atoms with Gasteiger partial charge in [-0.2, -0.15) is 5.10 Å². The number of rotatable bonds is 3. The molecule has 0 fully saturated rings. The highest BCUT2D eigenvalue weighted by molar-refractivity contribution is 6.12. The van der Waals surface area contributed by atoms with Crippen molar-refractivity contribution in [3.8, 4) is 11.3 Å². The molecule has 0 aliphatic heterocycles. The molecule has 0 aliphatic rings. The van der Waals surface area contributed by atoms with E-state index in [1.165, 1.54) is 0 Å². The molecule has 4 aromatic rings. The highest BCUT2D eigenvalue weighted by Crippen LogP contribution is 2.25. The summed E-state index contributed by atoms with van der Waals surface area (Å²) in [5.41, 5.74) is 3.88. The maximum Gasteiger partial charge on any atom is 0.257 e. The largest absolute Gasteiger partial charge is 0.307 e. The fourth-order valence-corrected chi connectivity index (χ4v) is 2.85. The fourth-order valence-electron chi connectivity index (χ4n) is 2.85. The van der Waals surface area contributed by atoms with Crippen molar-refractivity contribution < 1.29 is 4.79 Å². The second-order valence-electron chi connectivity index (χ2n) is 6.10. The summed E-state index contributed by atoms with van der Waals surface area (Å²) in [6.07, 6.45) is 3.34. The molecule has 1 amide bonds. The molecule has 0 bridgehead atoms. The summed E-state index contributed by atoms with van der Waals surface area (Å²) >= 11 is 0. The van der Waals surface area contributed by atoms with Gasteiger partial charge in [0.1, 0.15) is 5.82 Å². The first kappa shape index (κ1) is 16.0. The second kappa shape index (κ2) is 6.40. The first-order valence-electron chi connectivity index (χ1n) is 8.24. The van der Waals surface area contributed by atoms with Crippen molar-refractivity contribution >= 4 is 22.8 Å². The van der Waals surface area contributed by atoms with E-state index in [-0.39, 0.29) is 5.91 Å². The molecule has 0 radical (unpaired) electrons. The number of hydrogen-bond donors (Lipinski definition) is 1. The first-order valence-corrected chi connectivity index (χ1v) is 8.24. The van der Waals surface area contributed by atoms with Crippen molar-refractivity contribution in [2.75, 3.05) is 5.32 Å². The van der Waals surface area contributed by atoms with Gasteiger partial charge in [0, 0.05) is 18.8 Å². The van der Waals surface area contributed by atoms with Crippen LogP contribution >= 0.6 is 0 Å². The van der Waals surface area contributed by atoms with E-state index < -0.39 is 0 Å². The molecule has 0 saturated carbocycles. The van der Waals surface area contributed by atoms with Gasteiger partial charge in [0.25, 0.3) is 5.91 Å². The molecule has 3 aromatic heterocycles. The van der Waals surface area contributed by atoms with E-state index in [9.17, 15) is 4.79 Å². The topological polar surface area (TPSA) is 72.7 Å². The van der Waals surface area contributed by atoms with E-state index in [1.807, 2.05) is 56.4 Å². The quantitative estimate of drug-likeness (QED) is 0.617. The van der Waals surface area contributed by atoms with Crippen molar-refractivity contribution in [2.45, 2.75) is 6.92 Å². The van der Waals surface area contributed by atoms with Crippen LogP contribution in [0.5, 0.6) is 0 Å². The number of nitrogens with zero attached hydrogens (tertiary/aromatic N) is 4. The minimum absolute atomic E-state index is 0.235. The maximum absolute atomic E-state index is 12.9. The molecule has 0 spiro atoms. The van der Waals surface area contributed by atoms with Gasteiger partial charge >= 0.3 is 0 Å². The van der Waals surface area contributed by atoms with Gasteiger partial charge in [-0.1, -0.05) is 30.3 Å². The normalized spacial score (nSPS) is 10.8. The van der Waals surface area contributed by atoms with E-state index in [0.29, 0.717) is 22.4 Å². The van der Waals surface area contributed by atoms with E-state index >= 15 is 0 Å². The van der Waals surface area contributed by atoms with Gasteiger partial charge in [0.05, 0.1) is 22.8 Å². The lowest BCUT2D eigenvalue weighted by Gasteiger charge is -2.09. The lowest BCUT2D eigenvalue weighted by atomic mass is 10.1. The van der Waals surface area contributed by atoms with Gasteiger partial charge < -0.3 is 5.32 Å². The Bertz CT molecular complexity index is 1100. The lowest BCUT2D eigenvalue weighted by Crippen LogP contribution is -2.14. The predicted molar refractivity (Wildman–Crippen MR) is 101 cm³/mol. The molecule has 0 aliphatic carbocycles. The van der Waals surface area contributed by atoms with E-state index in [2.05, 4.69) is 20.4 Å². The van der Waals surface area contributed by atoms with Gasteiger partial charge in [-0.15, -0.1) is 0 Å². The maximum atomic E-state index is 12.9. The Morgan fingerprint density at radius 1 is 1.12 bits per heavy atom. The van der Waals surface area contributed by atoms with Crippen LogP contribution in [0.25, 0.3) is 22.3 Å². The third-order valence-electron chi connectivity index (χ3n) is 4.18. The number of fused-ring (bicyclic) bond motifs is 1. The zero-order valence-corrected chi connectivity index (χ0v) is 14.5. The van der Waals surface area contributed by atoms with Gasteiger partial charge in [-0.05, 0) is 30.7 Å². The summed E-state index contributed by atoms with van der Waals surface area (Å²) < 4.78 is 1.67. The zero-order valence-electron chi connectivity index (χ0n) is 14.5. The summed E-state index contributed by atoms with van der Waals surface area (Å²) in [5, 5.41) is 7.82. The highest BCUT2D eigenvalue weighted by atomic mass is 16.1. The predicted octanol–water partition coefficient (Wildman–Crippen LogP) is 3.59. The van der Waals surface area contributed by atoms with Crippen LogP contribution in [-0.4, -0.2) is 25.7 Å². The summed E-state index contributed by atoms with van der Waals surface area (Å²) in [6, 6.07) is 15.3. The number of hydrogen-bond acceptors (Lipinski definition) is 4. The third-order valence-corrected chi connectivity index (χ3v) is 4.18. The zero-order chi connectivity index (χ0) is 18.1. The Morgan fingerprint density at radius 2 is 1.92 bits per heavy atom. The molecule has 128 valence electrons. The number of aryl methyl sites for hydroxylation is 2. The molecule has 3 heterocycles. The standard InChI is InChI=1S/C20H17N5O/c1-13-8-9-21-18(10-13)24-20(26)15-11-17(14-6-4-3-5-7-14)23-19-16(15)12-22-25(19)2/h3-12H,1-2H3,(H,21,24,26). The van der Waals surface area contributed by atoms with E-state index in [0.717, 1.165) is 16.8 Å². The van der Waals surface area contributed by atoms with Crippen molar-refractivity contribution in [1.29, 1.82) is 0 Å². The fraction of sp³-hybridized carbons (Fsp3) is 0.100. The van der Waals surface area contributed by atoms with Crippen molar-refractivity contribution in [3.63, 3.8) is 0 Å². The summed E-state index contributed by atoms with van der Waals surface area (Å²) in [7, 11) is 1.81. The van der Waals surface area contributed by atoms with Gasteiger partial charge in [0.15, 0.2) is 5.65 Å². The summed E-state index contributed by atoms with van der Waals surface area (Å²) in [6.45, 7) is 1.95. The van der Waals surface area contributed by atoms with Crippen molar-refractivity contribution in [3.05, 3.63) is 72.1 Å². The van der Waals surface area contributed by atoms with Crippen molar-refractivity contribution in [2.24, 2.45) is 7.05 Å². The molecule has 26 heavy (non-hydrogen) atoms. The average Bonchev–Trinajstić information content (AvgIpc) is 3.03. The average molecular weight is 343 g/mol. The molecule has 6 heteroatoms. The molecular formula is C20H17N5O. The van der Waals surface area contributed by atoms with Crippen LogP contribution in [0.2, 0.25) is 0 Å². The van der Waals surface area contributed by atoms with Crippen LogP contribution < -0.4 is 5.32 Å². The van der Waals surface area contributed by atoms with Gasteiger partial charge in [-0.25, -0.2) is 9.97 Å². The Hall–Kier alpha value is -3.54. The SMILES string of the molecule is Cc1ccnc(NC(=O)c2cc(-c3ccccc3)nc3c2cnn3C)c1. The van der Waals surface area contributed by atoms with E-state index in [1.54, 1.807) is 23.1 Å². The molecule has 0 saturated heterocycles. The Labute approximate surface area is 150 Å². The number of aromatic nitrogens is 4. The number of benzene rings is 1. The number of amides is 1. The monoisotopic (exact) mass is 343 g/mol. The smallest absolute Gasteiger partial charge is 0.257 e. The Morgan fingerprint density at radius 3 is 2.69 bits per heavy atom. The minimum Gasteiger partial charge on any atom is -0.307 e. The number of pyridine rings is 2. The Kier molecular flexibility index (Phi) is 3.93. The van der Waals surface area contributed by atoms with E-state index in [4.69, 9.17) is 0 Å². The molecular weight excluding hydrogens is 326 g/mol. The van der Waals surface area contributed by atoms with Gasteiger partial charge in [-0.3, -0.25) is 9.48 Å². The van der Waals surface area contributed by atoms with Crippen molar-refractivity contribution in [1.82, 2.24) is 19.7 Å². The molecule has 0 atom stereocenters. The van der Waals surface area contributed by atoms with Crippen LogP contribution in [-0.2, 0) is 7.05 Å². The lowest BCUT2D eigenvalue weighted by molar-refractivity contribution is 0.102.